The van der Waals surface area contributed by atoms with E-state index >= 15 is 0 Å². The Morgan fingerprint density at radius 1 is 1.36 bits per heavy atom. The van der Waals surface area contributed by atoms with Crippen molar-refractivity contribution in [1.82, 2.24) is 0 Å². The summed E-state index contributed by atoms with van der Waals surface area (Å²) in [7, 11) is 1.49. The molecule has 0 aliphatic heterocycles. The molecule has 126 valence electrons. The summed E-state index contributed by atoms with van der Waals surface area (Å²) in [6, 6.07) is 12.1. The Bertz CT molecular complexity index is 903. The van der Waals surface area contributed by atoms with Crippen LogP contribution >= 0.6 is 11.6 Å². The van der Waals surface area contributed by atoms with E-state index in [0.29, 0.717) is 11.4 Å². The second-order valence-corrected chi connectivity index (χ2v) is 5.23. The maximum atomic E-state index is 12.3. The van der Waals surface area contributed by atoms with Crippen LogP contribution in [0, 0.1) is 21.4 Å². The standard InChI is InChI=1S/C17H12ClN3O4/c1-25-15-4-2-3-13(9-15)20-17(22)12(10-19)7-11-8-14(21(23)24)5-6-16(11)18/h2-9H,1H3,(H,20,22)/b12-7+. The number of rotatable bonds is 5. The van der Waals surface area contributed by atoms with Gasteiger partial charge in [-0.1, -0.05) is 17.7 Å². The minimum atomic E-state index is -0.668. The summed E-state index contributed by atoms with van der Waals surface area (Å²) < 4.78 is 5.06. The summed E-state index contributed by atoms with van der Waals surface area (Å²) in [4.78, 5) is 22.5. The first kappa shape index (κ1) is 18.0. The highest BCUT2D eigenvalue weighted by Gasteiger charge is 2.13. The lowest BCUT2D eigenvalue weighted by Gasteiger charge is -2.06. The van der Waals surface area contributed by atoms with Crippen LogP contribution in [0.15, 0.2) is 48.0 Å². The zero-order chi connectivity index (χ0) is 18.4. The molecular weight excluding hydrogens is 346 g/mol. The van der Waals surface area contributed by atoms with Crippen molar-refractivity contribution in [3.8, 4) is 11.8 Å². The molecule has 0 spiro atoms. The van der Waals surface area contributed by atoms with Crippen molar-refractivity contribution in [2.75, 3.05) is 12.4 Å². The van der Waals surface area contributed by atoms with E-state index in [2.05, 4.69) is 5.32 Å². The molecule has 0 bridgehead atoms. The van der Waals surface area contributed by atoms with Crippen molar-refractivity contribution in [3.63, 3.8) is 0 Å². The molecule has 0 heterocycles. The van der Waals surface area contributed by atoms with Crippen LogP contribution in [0.5, 0.6) is 5.75 Å². The van der Waals surface area contributed by atoms with E-state index < -0.39 is 10.8 Å². The average Bonchev–Trinajstić information content (AvgIpc) is 2.60. The first-order valence-electron chi connectivity index (χ1n) is 6.95. The molecule has 0 aliphatic carbocycles. The quantitative estimate of drug-likeness (QED) is 0.379. The second kappa shape index (κ2) is 7.95. The Morgan fingerprint density at radius 2 is 2.12 bits per heavy atom. The van der Waals surface area contributed by atoms with E-state index in [-0.39, 0.29) is 21.8 Å². The van der Waals surface area contributed by atoms with Gasteiger partial charge in [0.1, 0.15) is 17.4 Å². The number of anilines is 1. The summed E-state index contributed by atoms with van der Waals surface area (Å²) in [5.41, 5.74) is 0.204. The Balaban J connectivity index is 2.31. The van der Waals surface area contributed by atoms with Gasteiger partial charge in [-0.05, 0) is 24.3 Å². The van der Waals surface area contributed by atoms with Crippen molar-refractivity contribution in [2.24, 2.45) is 0 Å². The van der Waals surface area contributed by atoms with E-state index in [4.69, 9.17) is 16.3 Å². The Hall–Kier alpha value is -3.37. The Morgan fingerprint density at radius 3 is 2.76 bits per heavy atom. The molecular formula is C17H12ClN3O4. The number of benzene rings is 2. The maximum Gasteiger partial charge on any atom is 0.270 e. The average molecular weight is 358 g/mol. The van der Waals surface area contributed by atoms with Gasteiger partial charge in [0.25, 0.3) is 11.6 Å². The van der Waals surface area contributed by atoms with Gasteiger partial charge in [0.05, 0.1) is 12.0 Å². The van der Waals surface area contributed by atoms with Gasteiger partial charge in [-0.2, -0.15) is 5.26 Å². The molecule has 0 saturated heterocycles. The number of nitrogens with zero attached hydrogens (tertiary/aromatic N) is 2. The van der Waals surface area contributed by atoms with Crippen molar-refractivity contribution in [3.05, 3.63) is 68.7 Å². The number of amides is 1. The number of nitriles is 1. The summed E-state index contributed by atoms with van der Waals surface area (Å²) in [5, 5.41) is 22.8. The molecule has 2 aromatic rings. The third-order valence-corrected chi connectivity index (χ3v) is 3.53. The van der Waals surface area contributed by atoms with Gasteiger partial charge < -0.3 is 10.1 Å². The van der Waals surface area contributed by atoms with E-state index in [1.165, 1.54) is 31.4 Å². The second-order valence-electron chi connectivity index (χ2n) is 4.82. The molecule has 7 nitrogen and oxygen atoms in total. The summed E-state index contributed by atoms with van der Waals surface area (Å²) >= 11 is 5.98. The van der Waals surface area contributed by atoms with E-state index in [9.17, 15) is 20.2 Å². The molecule has 2 aromatic carbocycles. The van der Waals surface area contributed by atoms with Crippen LogP contribution in [0.2, 0.25) is 5.02 Å². The Kier molecular flexibility index (Phi) is 5.71. The number of carbonyl (C=O) groups is 1. The smallest absolute Gasteiger partial charge is 0.270 e. The number of ether oxygens (including phenoxy) is 1. The number of nitrogens with one attached hydrogen (secondary N) is 1. The highest BCUT2D eigenvalue weighted by molar-refractivity contribution is 6.32. The lowest BCUT2D eigenvalue weighted by Crippen LogP contribution is -2.13. The largest absolute Gasteiger partial charge is 0.497 e. The zero-order valence-electron chi connectivity index (χ0n) is 13.0. The molecule has 0 unspecified atom stereocenters. The Labute approximate surface area is 148 Å². The van der Waals surface area contributed by atoms with E-state index in [1.54, 1.807) is 30.3 Å². The van der Waals surface area contributed by atoms with Gasteiger partial charge in [-0.25, -0.2) is 0 Å². The SMILES string of the molecule is COc1cccc(NC(=O)/C(C#N)=C/c2cc([N+](=O)[O-])ccc2Cl)c1. The lowest BCUT2D eigenvalue weighted by atomic mass is 10.1. The number of halogens is 1. The normalized spacial score (nSPS) is 10.7. The van der Waals surface area contributed by atoms with Crippen LogP contribution in [0.1, 0.15) is 5.56 Å². The van der Waals surface area contributed by atoms with Crippen molar-refractivity contribution < 1.29 is 14.5 Å². The number of nitro benzene ring substituents is 1. The predicted molar refractivity (Wildman–Crippen MR) is 93.3 cm³/mol. The van der Waals surface area contributed by atoms with Crippen molar-refractivity contribution in [1.29, 1.82) is 5.26 Å². The minimum absolute atomic E-state index is 0.188. The fourth-order valence-corrected chi connectivity index (χ4v) is 2.13. The van der Waals surface area contributed by atoms with Crippen LogP contribution in [0.4, 0.5) is 11.4 Å². The predicted octanol–water partition coefficient (Wildman–Crippen LogP) is 3.80. The fraction of sp³-hybridized carbons (Fsp3) is 0.0588. The summed E-state index contributed by atoms with van der Waals surface area (Å²) in [6.07, 6.45) is 1.20. The lowest BCUT2D eigenvalue weighted by molar-refractivity contribution is -0.384. The number of nitro groups is 1. The molecule has 0 aromatic heterocycles. The van der Waals surface area contributed by atoms with Crippen LogP contribution < -0.4 is 10.1 Å². The van der Waals surface area contributed by atoms with E-state index in [1.807, 2.05) is 0 Å². The molecule has 1 amide bonds. The molecule has 0 atom stereocenters. The molecule has 1 N–H and O–H groups in total. The fourth-order valence-electron chi connectivity index (χ4n) is 1.96. The summed E-state index contributed by atoms with van der Waals surface area (Å²) in [5.74, 6) is -0.125. The van der Waals surface area contributed by atoms with Crippen molar-refractivity contribution >= 4 is 35.0 Å². The molecule has 8 heteroatoms. The van der Waals surface area contributed by atoms with Gasteiger partial charge in [-0.3, -0.25) is 14.9 Å². The molecule has 0 aliphatic rings. The van der Waals surface area contributed by atoms with Crippen LogP contribution in [0.3, 0.4) is 0 Å². The van der Waals surface area contributed by atoms with Gasteiger partial charge >= 0.3 is 0 Å². The van der Waals surface area contributed by atoms with Crippen LogP contribution in [-0.4, -0.2) is 17.9 Å². The van der Waals surface area contributed by atoms with Gasteiger partial charge in [0.2, 0.25) is 0 Å². The highest BCUT2D eigenvalue weighted by atomic mass is 35.5. The number of non-ortho nitro benzene ring substituents is 1. The first-order valence-corrected chi connectivity index (χ1v) is 7.33. The summed E-state index contributed by atoms with van der Waals surface area (Å²) in [6.45, 7) is 0. The third-order valence-electron chi connectivity index (χ3n) is 3.18. The number of methoxy groups -OCH3 is 1. The molecule has 0 saturated carbocycles. The number of hydrogen-bond acceptors (Lipinski definition) is 5. The molecule has 25 heavy (non-hydrogen) atoms. The zero-order valence-corrected chi connectivity index (χ0v) is 13.8. The monoisotopic (exact) mass is 357 g/mol. The first-order chi connectivity index (χ1) is 11.9. The number of hydrogen-bond donors (Lipinski definition) is 1. The van der Waals surface area contributed by atoms with Gasteiger partial charge in [0, 0.05) is 34.5 Å². The maximum absolute atomic E-state index is 12.3. The topological polar surface area (TPSA) is 105 Å². The highest BCUT2D eigenvalue weighted by Crippen LogP contribution is 2.25. The number of carbonyl (C=O) groups excluding carboxylic acids is 1. The minimum Gasteiger partial charge on any atom is -0.497 e. The van der Waals surface area contributed by atoms with E-state index in [0.717, 1.165) is 0 Å². The molecule has 2 rings (SSSR count). The van der Waals surface area contributed by atoms with Crippen LogP contribution in [0.25, 0.3) is 6.08 Å². The molecule has 0 radical (unpaired) electrons. The van der Waals surface area contributed by atoms with Gasteiger partial charge in [-0.15, -0.1) is 0 Å². The van der Waals surface area contributed by atoms with Crippen molar-refractivity contribution in [2.45, 2.75) is 0 Å². The third kappa shape index (κ3) is 4.56. The molecule has 0 fully saturated rings. The van der Waals surface area contributed by atoms with Crippen LogP contribution in [-0.2, 0) is 4.79 Å². The van der Waals surface area contributed by atoms with Gasteiger partial charge in [0.15, 0.2) is 0 Å².